The number of nitrogens with zero attached hydrogens (tertiary/aromatic N) is 2. The Morgan fingerprint density at radius 1 is 0.947 bits per heavy atom. The molecule has 8 nitrogen and oxygen atoms in total. The first-order chi connectivity index (χ1) is 8.59. The van der Waals surface area contributed by atoms with Gasteiger partial charge < -0.3 is 11.5 Å². The van der Waals surface area contributed by atoms with Crippen LogP contribution >= 0.6 is 49.7 Å². The van der Waals surface area contributed by atoms with E-state index in [-0.39, 0.29) is 8.64 Å². The number of rotatable bonds is 2. The fraction of sp³-hybridized carbons (Fsp3) is 0.143. The van der Waals surface area contributed by atoms with Gasteiger partial charge in [0, 0.05) is 0 Å². The SMILES string of the molecule is N=C(N)N(C(=O)CC(=O)N(C(=N)N)C(=S)S)C(=S)S. The minimum Gasteiger partial charge on any atom is -0.369 e. The quantitative estimate of drug-likeness (QED) is 0.129. The van der Waals surface area contributed by atoms with Crippen LogP contribution in [-0.4, -0.2) is 42.2 Å². The van der Waals surface area contributed by atoms with E-state index in [4.69, 9.17) is 22.3 Å². The minimum absolute atomic E-state index is 0.284. The van der Waals surface area contributed by atoms with Crippen LogP contribution in [0.1, 0.15) is 6.42 Å². The first kappa shape index (κ1) is 17.8. The summed E-state index contributed by atoms with van der Waals surface area (Å²) < 4.78 is -0.568. The molecule has 0 aromatic rings. The van der Waals surface area contributed by atoms with Crippen molar-refractivity contribution < 1.29 is 9.59 Å². The molecule has 2 amide bonds. The lowest BCUT2D eigenvalue weighted by atomic mass is 10.3. The second-order valence-electron chi connectivity index (χ2n) is 2.97. The Bertz CT molecular complexity index is 408. The Morgan fingerprint density at radius 2 is 1.21 bits per heavy atom. The average molecular weight is 338 g/mol. The lowest BCUT2D eigenvalue weighted by Gasteiger charge is -2.21. The maximum Gasteiger partial charge on any atom is 0.244 e. The summed E-state index contributed by atoms with van der Waals surface area (Å²) in [5.41, 5.74) is 10.3. The molecule has 0 fully saturated rings. The maximum absolute atomic E-state index is 11.7. The highest BCUT2D eigenvalue weighted by Gasteiger charge is 2.27. The van der Waals surface area contributed by atoms with E-state index in [1.54, 1.807) is 0 Å². The summed E-state index contributed by atoms with van der Waals surface area (Å²) in [6.45, 7) is 0. The molecule has 0 saturated carbocycles. The summed E-state index contributed by atoms with van der Waals surface area (Å²) >= 11 is 16.6. The third-order valence-electron chi connectivity index (χ3n) is 1.67. The van der Waals surface area contributed by atoms with E-state index >= 15 is 0 Å². The minimum atomic E-state index is -0.895. The lowest BCUT2D eigenvalue weighted by Crippen LogP contribution is -2.48. The Labute approximate surface area is 130 Å². The van der Waals surface area contributed by atoms with Gasteiger partial charge in [0.15, 0.2) is 0 Å². The number of guanidine groups is 2. The zero-order valence-electron chi connectivity index (χ0n) is 9.28. The molecule has 0 spiro atoms. The molecule has 0 atom stereocenters. The Morgan fingerprint density at radius 3 is 1.37 bits per heavy atom. The number of carbonyl (C=O) groups excluding carboxylic acids is 2. The largest absolute Gasteiger partial charge is 0.369 e. The summed E-state index contributed by atoms with van der Waals surface area (Å²) in [5, 5.41) is 14.3. The number of hydrogen-bond acceptors (Lipinski definition) is 6. The number of thiol groups is 2. The van der Waals surface area contributed by atoms with Crippen LogP contribution in [-0.2, 0) is 9.59 Å². The molecule has 0 aliphatic rings. The van der Waals surface area contributed by atoms with E-state index in [0.29, 0.717) is 9.80 Å². The van der Waals surface area contributed by atoms with Crippen LogP contribution in [0.5, 0.6) is 0 Å². The van der Waals surface area contributed by atoms with Gasteiger partial charge >= 0.3 is 0 Å². The molecule has 0 aromatic carbocycles. The molecule has 104 valence electrons. The van der Waals surface area contributed by atoms with Gasteiger partial charge in [-0.05, 0) is 0 Å². The first-order valence-corrected chi connectivity index (χ1v) is 6.10. The van der Waals surface area contributed by atoms with Gasteiger partial charge in [0.05, 0.1) is 0 Å². The molecule has 0 aromatic heterocycles. The van der Waals surface area contributed by atoms with Gasteiger partial charge in [-0.3, -0.25) is 20.4 Å². The average Bonchev–Trinajstić information content (AvgIpc) is 2.13. The Hall–Kier alpha value is -1.24. The highest BCUT2D eigenvalue weighted by Crippen LogP contribution is 2.05. The van der Waals surface area contributed by atoms with Crippen LogP contribution in [0.25, 0.3) is 0 Å². The van der Waals surface area contributed by atoms with Crippen molar-refractivity contribution in [2.75, 3.05) is 0 Å². The van der Waals surface area contributed by atoms with E-state index in [1.807, 2.05) is 0 Å². The number of hydrogen-bond donors (Lipinski definition) is 6. The number of amides is 2. The van der Waals surface area contributed by atoms with Gasteiger partial charge in [0.25, 0.3) is 0 Å². The van der Waals surface area contributed by atoms with E-state index in [1.165, 1.54) is 0 Å². The molecular formula is C7H10N6O2S4. The van der Waals surface area contributed by atoms with Gasteiger partial charge in [-0.1, -0.05) is 24.4 Å². The molecule has 12 heteroatoms. The summed E-state index contributed by atoms with van der Waals surface area (Å²) in [5.74, 6) is -3.15. The van der Waals surface area contributed by atoms with E-state index in [0.717, 1.165) is 0 Å². The molecule has 6 N–H and O–H groups in total. The van der Waals surface area contributed by atoms with Crippen molar-refractivity contribution in [3.63, 3.8) is 0 Å². The van der Waals surface area contributed by atoms with E-state index in [9.17, 15) is 9.59 Å². The van der Waals surface area contributed by atoms with Gasteiger partial charge in [0.2, 0.25) is 23.7 Å². The van der Waals surface area contributed by atoms with Crippen LogP contribution in [0.2, 0.25) is 0 Å². The third kappa shape index (κ3) is 5.10. The number of thiocarbonyl (C=S) groups is 2. The Kier molecular flexibility index (Phi) is 6.89. The molecule has 19 heavy (non-hydrogen) atoms. The van der Waals surface area contributed by atoms with E-state index in [2.05, 4.69) is 49.7 Å². The summed E-state index contributed by atoms with van der Waals surface area (Å²) in [7, 11) is 0. The predicted octanol–water partition coefficient (Wildman–Crippen LogP) is -0.750. The first-order valence-electron chi connectivity index (χ1n) is 4.39. The van der Waals surface area contributed by atoms with Gasteiger partial charge in [-0.25, -0.2) is 9.80 Å². The molecule has 0 aliphatic carbocycles. The Balaban J connectivity index is 5.04. The zero-order valence-corrected chi connectivity index (χ0v) is 12.7. The lowest BCUT2D eigenvalue weighted by molar-refractivity contribution is -0.133. The van der Waals surface area contributed by atoms with Crippen molar-refractivity contribution in [1.29, 1.82) is 10.8 Å². The van der Waals surface area contributed by atoms with Crippen molar-refractivity contribution in [2.45, 2.75) is 6.42 Å². The second kappa shape index (κ2) is 7.37. The maximum atomic E-state index is 11.7. The summed E-state index contributed by atoms with van der Waals surface area (Å²) in [6.07, 6.45) is -0.749. The highest BCUT2D eigenvalue weighted by atomic mass is 32.1. The van der Waals surface area contributed by atoms with Crippen LogP contribution in [0.4, 0.5) is 0 Å². The van der Waals surface area contributed by atoms with Crippen molar-refractivity contribution in [3.05, 3.63) is 0 Å². The molecule has 0 heterocycles. The molecule has 0 unspecified atom stereocenters. The topological polar surface area (TPSA) is 140 Å². The molecular weight excluding hydrogens is 328 g/mol. The standard InChI is InChI=1S/C7H10N6O2S4/c8-4(9)12(6(16)17)2(14)1-3(15)13(5(10)11)7(18)19/h1H2,(H3,8,9)(H3,10,11)(H,16,17)(H,18,19). The van der Waals surface area contributed by atoms with Crippen molar-refractivity contribution in [1.82, 2.24) is 9.80 Å². The van der Waals surface area contributed by atoms with Crippen LogP contribution in [0.3, 0.4) is 0 Å². The highest BCUT2D eigenvalue weighted by molar-refractivity contribution is 8.11. The smallest absolute Gasteiger partial charge is 0.244 e. The van der Waals surface area contributed by atoms with Crippen LogP contribution < -0.4 is 11.5 Å². The number of carbonyl (C=O) groups is 2. The number of nitrogens with one attached hydrogen (secondary N) is 2. The normalized spacial score (nSPS) is 9.37. The van der Waals surface area contributed by atoms with Gasteiger partial charge in [-0.15, -0.1) is 25.3 Å². The fourth-order valence-corrected chi connectivity index (χ4v) is 1.81. The summed E-state index contributed by atoms with van der Waals surface area (Å²) in [4.78, 5) is 24.6. The fourth-order valence-electron chi connectivity index (χ4n) is 0.976. The second-order valence-corrected chi connectivity index (χ2v) is 5.20. The van der Waals surface area contributed by atoms with Crippen LogP contribution in [0.15, 0.2) is 0 Å². The number of nitrogens with two attached hydrogens (primary N) is 2. The van der Waals surface area contributed by atoms with Gasteiger partial charge in [0.1, 0.15) is 15.1 Å². The molecule has 0 bridgehead atoms. The van der Waals surface area contributed by atoms with Gasteiger partial charge in [-0.2, -0.15) is 0 Å². The summed E-state index contributed by atoms with van der Waals surface area (Å²) in [6, 6.07) is 0. The molecule has 0 rings (SSSR count). The van der Waals surface area contributed by atoms with Crippen molar-refractivity contribution in [3.8, 4) is 0 Å². The molecule has 0 radical (unpaired) electrons. The zero-order chi connectivity index (χ0) is 15.3. The predicted molar refractivity (Wildman–Crippen MR) is 85.3 cm³/mol. The molecule has 0 saturated heterocycles. The van der Waals surface area contributed by atoms with Crippen molar-refractivity contribution >= 4 is 82.1 Å². The van der Waals surface area contributed by atoms with Crippen molar-refractivity contribution in [2.24, 2.45) is 11.5 Å². The molecule has 0 aliphatic heterocycles. The third-order valence-corrected chi connectivity index (χ3v) is 2.43. The van der Waals surface area contributed by atoms with Crippen LogP contribution in [0, 0.1) is 10.8 Å². The monoisotopic (exact) mass is 338 g/mol. The van der Waals surface area contributed by atoms with E-state index < -0.39 is 30.2 Å².